The minimum atomic E-state index is 0.699. The minimum Gasteiger partial charge on any atom is -0.354 e. The van der Waals surface area contributed by atoms with E-state index in [0.29, 0.717) is 5.95 Å². The zero-order valence-corrected chi connectivity index (χ0v) is 13.6. The Morgan fingerprint density at radius 1 is 1.29 bits per heavy atom. The molecule has 0 unspecified atom stereocenters. The summed E-state index contributed by atoms with van der Waals surface area (Å²) in [4.78, 5) is 15.9. The van der Waals surface area contributed by atoms with Crippen molar-refractivity contribution in [2.75, 3.05) is 11.9 Å². The number of thiophene rings is 1. The lowest BCUT2D eigenvalue weighted by atomic mass is 10.4. The van der Waals surface area contributed by atoms with Gasteiger partial charge in [0, 0.05) is 23.0 Å². The van der Waals surface area contributed by atoms with Crippen molar-refractivity contribution in [1.82, 2.24) is 15.0 Å². The third kappa shape index (κ3) is 3.33. The highest BCUT2D eigenvalue weighted by Gasteiger charge is 2.12. The fraction of sp³-hybridized carbons (Fsp3) is 0.267. The standard InChI is InChI=1S/C15H16N4S2/c1-3-7-17-15-18-13-11(9-10(2)20-13)14(19-15)21-12-6-4-5-8-16-12/h4-6,8-9H,3,7H2,1-2H3,(H,17,18,19). The third-order valence-corrected chi connectivity index (χ3v) is 4.75. The van der Waals surface area contributed by atoms with E-state index in [9.17, 15) is 0 Å². The lowest BCUT2D eigenvalue weighted by molar-refractivity contribution is 0.946. The number of hydrogen-bond donors (Lipinski definition) is 1. The number of hydrogen-bond acceptors (Lipinski definition) is 6. The van der Waals surface area contributed by atoms with Crippen molar-refractivity contribution in [2.24, 2.45) is 0 Å². The number of rotatable bonds is 5. The van der Waals surface area contributed by atoms with E-state index in [1.807, 2.05) is 18.2 Å². The van der Waals surface area contributed by atoms with E-state index in [2.05, 4.69) is 40.2 Å². The lowest BCUT2D eigenvalue weighted by Crippen LogP contribution is -2.04. The summed E-state index contributed by atoms with van der Waals surface area (Å²) in [6.45, 7) is 5.11. The highest BCUT2D eigenvalue weighted by atomic mass is 32.2. The van der Waals surface area contributed by atoms with Crippen LogP contribution in [0, 0.1) is 6.92 Å². The molecule has 3 aromatic heterocycles. The van der Waals surface area contributed by atoms with E-state index in [1.54, 1.807) is 29.3 Å². The van der Waals surface area contributed by atoms with Gasteiger partial charge in [0.05, 0.1) is 0 Å². The highest BCUT2D eigenvalue weighted by Crippen LogP contribution is 2.34. The van der Waals surface area contributed by atoms with Crippen LogP contribution in [-0.4, -0.2) is 21.5 Å². The second-order valence-electron chi connectivity index (χ2n) is 4.63. The van der Waals surface area contributed by atoms with Crippen LogP contribution >= 0.6 is 23.1 Å². The Bertz CT molecular complexity index is 740. The highest BCUT2D eigenvalue weighted by molar-refractivity contribution is 7.99. The maximum absolute atomic E-state index is 4.65. The van der Waals surface area contributed by atoms with Gasteiger partial charge in [-0.2, -0.15) is 0 Å². The lowest BCUT2D eigenvalue weighted by Gasteiger charge is -2.06. The first-order valence-electron chi connectivity index (χ1n) is 6.87. The van der Waals surface area contributed by atoms with Gasteiger partial charge in [-0.05, 0) is 43.3 Å². The maximum Gasteiger partial charge on any atom is 0.225 e. The number of nitrogens with one attached hydrogen (secondary N) is 1. The van der Waals surface area contributed by atoms with Crippen LogP contribution in [0.5, 0.6) is 0 Å². The fourth-order valence-corrected chi connectivity index (χ4v) is 3.72. The monoisotopic (exact) mass is 316 g/mol. The molecule has 0 aliphatic rings. The molecule has 3 rings (SSSR count). The minimum absolute atomic E-state index is 0.699. The van der Waals surface area contributed by atoms with Crippen LogP contribution in [0.2, 0.25) is 0 Å². The Balaban J connectivity index is 2.01. The molecular formula is C15H16N4S2. The first-order chi connectivity index (χ1) is 10.3. The number of anilines is 1. The van der Waals surface area contributed by atoms with E-state index in [1.165, 1.54) is 4.88 Å². The van der Waals surface area contributed by atoms with Crippen LogP contribution in [-0.2, 0) is 0 Å². The van der Waals surface area contributed by atoms with Gasteiger partial charge >= 0.3 is 0 Å². The molecule has 0 radical (unpaired) electrons. The van der Waals surface area contributed by atoms with Crippen LogP contribution in [0.3, 0.4) is 0 Å². The molecule has 0 aliphatic heterocycles. The SMILES string of the molecule is CCCNc1nc(Sc2ccccn2)c2cc(C)sc2n1. The molecule has 0 saturated heterocycles. The summed E-state index contributed by atoms with van der Waals surface area (Å²) >= 11 is 3.28. The van der Waals surface area contributed by atoms with Crippen molar-refractivity contribution in [3.63, 3.8) is 0 Å². The van der Waals surface area contributed by atoms with Crippen molar-refractivity contribution < 1.29 is 0 Å². The zero-order valence-electron chi connectivity index (χ0n) is 12.0. The summed E-state index contributed by atoms with van der Waals surface area (Å²) in [5.74, 6) is 0.699. The van der Waals surface area contributed by atoms with Crippen LogP contribution < -0.4 is 5.32 Å². The summed E-state index contributed by atoms with van der Waals surface area (Å²) in [5, 5.41) is 6.29. The van der Waals surface area contributed by atoms with Gasteiger partial charge in [0.25, 0.3) is 0 Å². The van der Waals surface area contributed by atoms with Gasteiger partial charge in [0.1, 0.15) is 14.9 Å². The average Bonchev–Trinajstić information content (AvgIpc) is 2.87. The van der Waals surface area contributed by atoms with Gasteiger partial charge in [-0.1, -0.05) is 13.0 Å². The van der Waals surface area contributed by atoms with Crippen LogP contribution in [0.4, 0.5) is 5.95 Å². The molecule has 1 N–H and O–H groups in total. The van der Waals surface area contributed by atoms with Crippen LogP contribution in [0.25, 0.3) is 10.2 Å². The number of nitrogens with zero attached hydrogens (tertiary/aromatic N) is 3. The number of pyridine rings is 1. The van der Waals surface area contributed by atoms with Gasteiger partial charge in [-0.25, -0.2) is 15.0 Å². The summed E-state index contributed by atoms with van der Waals surface area (Å²) in [6, 6.07) is 8.05. The second-order valence-corrected chi connectivity index (χ2v) is 6.87. The van der Waals surface area contributed by atoms with E-state index in [-0.39, 0.29) is 0 Å². The first kappa shape index (κ1) is 14.3. The number of aryl methyl sites for hydroxylation is 1. The Morgan fingerprint density at radius 2 is 2.19 bits per heavy atom. The number of aromatic nitrogens is 3. The smallest absolute Gasteiger partial charge is 0.225 e. The maximum atomic E-state index is 4.65. The molecule has 0 amide bonds. The topological polar surface area (TPSA) is 50.7 Å². The van der Waals surface area contributed by atoms with Crippen molar-refractivity contribution in [1.29, 1.82) is 0 Å². The summed E-state index contributed by atoms with van der Waals surface area (Å²) < 4.78 is 0. The molecule has 0 bridgehead atoms. The summed E-state index contributed by atoms with van der Waals surface area (Å²) in [5.41, 5.74) is 0. The fourth-order valence-electron chi connectivity index (χ4n) is 1.92. The molecule has 0 saturated carbocycles. The van der Waals surface area contributed by atoms with Crippen LogP contribution in [0.15, 0.2) is 40.5 Å². The molecule has 0 fully saturated rings. The van der Waals surface area contributed by atoms with Gasteiger partial charge < -0.3 is 5.32 Å². The van der Waals surface area contributed by atoms with E-state index in [4.69, 9.17) is 0 Å². The Hall–Kier alpha value is -1.66. The molecule has 0 atom stereocenters. The van der Waals surface area contributed by atoms with Gasteiger partial charge in [0.15, 0.2) is 0 Å². The van der Waals surface area contributed by atoms with E-state index in [0.717, 1.165) is 33.2 Å². The Labute approximate surface area is 132 Å². The predicted molar refractivity (Wildman–Crippen MR) is 89.3 cm³/mol. The molecule has 0 spiro atoms. The molecular weight excluding hydrogens is 300 g/mol. The van der Waals surface area contributed by atoms with Crippen molar-refractivity contribution in [3.05, 3.63) is 35.3 Å². The van der Waals surface area contributed by atoms with Crippen molar-refractivity contribution in [3.8, 4) is 0 Å². The van der Waals surface area contributed by atoms with Crippen molar-refractivity contribution >= 4 is 39.3 Å². The van der Waals surface area contributed by atoms with Crippen LogP contribution in [0.1, 0.15) is 18.2 Å². The molecule has 108 valence electrons. The van der Waals surface area contributed by atoms with Gasteiger partial charge in [0.2, 0.25) is 5.95 Å². The Morgan fingerprint density at radius 3 is 2.95 bits per heavy atom. The molecule has 0 aromatic carbocycles. The second kappa shape index (κ2) is 6.41. The molecule has 3 aromatic rings. The van der Waals surface area contributed by atoms with Gasteiger partial charge in [-0.15, -0.1) is 11.3 Å². The third-order valence-electron chi connectivity index (χ3n) is 2.85. The normalized spacial score (nSPS) is 11.0. The van der Waals surface area contributed by atoms with E-state index < -0.39 is 0 Å². The zero-order chi connectivity index (χ0) is 14.7. The molecule has 21 heavy (non-hydrogen) atoms. The number of fused-ring (bicyclic) bond motifs is 1. The summed E-state index contributed by atoms with van der Waals surface area (Å²) in [6.07, 6.45) is 2.85. The summed E-state index contributed by atoms with van der Waals surface area (Å²) in [7, 11) is 0. The molecule has 0 aliphatic carbocycles. The predicted octanol–water partition coefficient (Wildman–Crippen LogP) is 4.37. The van der Waals surface area contributed by atoms with Crippen molar-refractivity contribution in [2.45, 2.75) is 30.3 Å². The molecule has 4 nitrogen and oxygen atoms in total. The largest absolute Gasteiger partial charge is 0.354 e. The van der Waals surface area contributed by atoms with E-state index >= 15 is 0 Å². The van der Waals surface area contributed by atoms with Gasteiger partial charge in [-0.3, -0.25) is 0 Å². The molecule has 6 heteroatoms. The quantitative estimate of drug-likeness (QED) is 0.708. The average molecular weight is 316 g/mol. The molecule has 3 heterocycles. The first-order valence-corrected chi connectivity index (χ1v) is 8.50. The Kier molecular flexibility index (Phi) is 4.36.